The maximum absolute atomic E-state index is 11.9. The molecule has 0 atom stereocenters. The zero-order valence-electron chi connectivity index (χ0n) is 10.2. The van der Waals surface area contributed by atoms with E-state index < -0.39 is 6.61 Å². The number of allylic oxidation sites excluding steroid dienone is 1. The van der Waals surface area contributed by atoms with Crippen LogP contribution in [-0.4, -0.2) is 12.5 Å². The van der Waals surface area contributed by atoms with Gasteiger partial charge in [0.1, 0.15) is 5.75 Å². The van der Waals surface area contributed by atoms with E-state index >= 15 is 0 Å². The van der Waals surface area contributed by atoms with Crippen LogP contribution >= 0.6 is 0 Å². The van der Waals surface area contributed by atoms with Crippen molar-refractivity contribution >= 4 is 11.6 Å². The third-order valence-corrected chi connectivity index (χ3v) is 2.21. The van der Waals surface area contributed by atoms with E-state index in [0.717, 1.165) is 6.42 Å². The lowest BCUT2D eigenvalue weighted by Crippen LogP contribution is -2.12. The van der Waals surface area contributed by atoms with E-state index in [2.05, 4.69) is 10.1 Å². The molecule has 18 heavy (non-hydrogen) atoms. The fraction of sp³-hybridized carbons (Fsp3) is 0.308. The van der Waals surface area contributed by atoms with Crippen LogP contribution in [0.3, 0.4) is 0 Å². The number of ether oxygens (including phenoxy) is 1. The van der Waals surface area contributed by atoms with Crippen molar-refractivity contribution in [2.45, 2.75) is 26.9 Å². The Morgan fingerprint density at radius 2 is 2.00 bits per heavy atom. The molecule has 0 aromatic heterocycles. The molecular formula is C13H15F2NO2. The van der Waals surface area contributed by atoms with E-state index in [0.29, 0.717) is 11.3 Å². The van der Waals surface area contributed by atoms with Gasteiger partial charge >= 0.3 is 6.61 Å². The van der Waals surface area contributed by atoms with E-state index in [9.17, 15) is 13.6 Å². The Bertz CT molecular complexity index is 427. The van der Waals surface area contributed by atoms with Gasteiger partial charge in [0, 0.05) is 11.3 Å². The van der Waals surface area contributed by atoms with Gasteiger partial charge in [-0.3, -0.25) is 4.79 Å². The highest BCUT2D eigenvalue weighted by atomic mass is 19.3. The molecule has 1 aromatic carbocycles. The molecule has 1 aromatic rings. The van der Waals surface area contributed by atoms with Crippen molar-refractivity contribution in [1.29, 1.82) is 0 Å². The van der Waals surface area contributed by atoms with Crippen LogP contribution in [0.1, 0.15) is 20.3 Å². The summed E-state index contributed by atoms with van der Waals surface area (Å²) in [4.78, 5) is 11.6. The number of halogens is 2. The number of nitrogens with one attached hydrogen (secondary N) is 1. The lowest BCUT2D eigenvalue weighted by Gasteiger charge is -2.07. The number of anilines is 1. The van der Waals surface area contributed by atoms with Gasteiger partial charge in [0.15, 0.2) is 0 Å². The molecule has 0 aliphatic carbocycles. The SMILES string of the molecule is CC/C=C(/C)C(=O)Nc1ccc(OC(F)F)cc1. The van der Waals surface area contributed by atoms with Gasteiger partial charge in [-0.15, -0.1) is 0 Å². The number of benzene rings is 1. The molecule has 0 saturated heterocycles. The molecule has 0 spiro atoms. The van der Waals surface area contributed by atoms with Gasteiger partial charge in [0.05, 0.1) is 0 Å². The van der Waals surface area contributed by atoms with Crippen molar-refractivity contribution < 1.29 is 18.3 Å². The summed E-state index contributed by atoms with van der Waals surface area (Å²) in [6, 6.07) is 5.77. The summed E-state index contributed by atoms with van der Waals surface area (Å²) >= 11 is 0. The van der Waals surface area contributed by atoms with Crippen molar-refractivity contribution in [2.24, 2.45) is 0 Å². The highest BCUT2D eigenvalue weighted by molar-refractivity contribution is 6.03. The number of carbonyl (C=O) groups excluding carboxylic acids is 1. The highest BCUT2D eigenvalue weighted by Gasteiger charge is 2.06. The second kappa shape index (κ2) is 6.74. The van der Waals surface area contributed by atoms with Gasteiger partial charge in [0.25, 0.3) is 5.91 Å². The average molecular weight is 255 g/mol. The van der Waals surface area contributed by atoms with Gasteiger partial charge in [0.2, 0.25) is 0 Å². The summed E-state index contributed by atoms with van der Waals surface area (Å²) in [6.45, 7) is 0.806. The van der Waals surface area contributed by atoms with Crippen LogP contribution in [0, 0.1) is 0 Å². The quantitative estimate of drug-likeness (QED) is 0.816. The minimum absolute atomic E-state index is 0.0591. The van der Waals surface area contributed by atoms with E-state index in [1.54, 1.807) is 6.92 Å². The first-order chi connectivity index (χ1) is 8.52. The third-order valence-electron chi connectivity index (χ3n) is 2.21. The molecule has 3 nitrogen and oxygen atoms in total. The van der Waals surface area contributed by atoms with E-state index in [4.69, 9.17) is 0 Å². The normalized spacial score (nSPS) is 11.5. The van der Waals surface area contributed by atoms with E-state index in [1.165, 1.54) is 24.3 Å². The summed E-state index contributed by atoms with van der Waals surface area (Å²) in [5.41, 5.74) is 1.15. The standard InChI is InChI=1S/C13H15F2NO2/c1-3-4-9(2)12(17)16-10-5-7-11(8-6-10)18-13(14)15/h4-8,13H,3H2,1-2H3,(H,16,17)/b9-4-. The van der Waals surface area contributed by atoms with Crippen molar-refractivity contribution in [2.75, 3.05) is 5.32 Å². The molecular weight excluding hydrogens is 240 g/mol. The van der Waals surface area contributed by atoms with Crippen LogP contribution in [0.2, 0.25) is 0 Å². The van der Waals surface area contributed by atoms with Crippen molar-refractivity contribution in [3.63, 3.8) is 0 Å². The molecule has 1 rings (SSSR count). The fourth-order valence-corrected chi connectivity index (χ4v) is 1.35. The van der Waals surface area contributed by atoms with Gasteiger partial charge in [-0.1, -0.05) is 13.0 Å². The molecule has 0 unspecified atom stereocenters. The zero-order valence-corrected chi connectivity index (χ0v) is 10.2. The molecule has 1 amide bonds. The minimum Gasteiger partial charge on any atom is -0.435 e. The van der Waals surface area contributed by atoms with Crippen molar-refractivity contribution in [3.05, 3.63) is 35.9 Å². The summed E-state index contributed by atoms with van der Waals surface area (Å²) in [6.07, 6.45) is 2.59. The van der Waals surface area contributed by atoms with Gasteiger partial charge in [-0.25, -0.2) is 0 Å². The highest BCUT2D eigenvalue weighted by Crippen LogP contribution is 2.18. The topological polar surface area (TPSA) is 38.3 Å². The Balaban J connectivity index is 2.64. The van der Waals surface area contributed by atoms with Gasteiger partial charge in [-0.05, 0) is 37.6 Å². The first kappa shape index (κ1) is 14.2. The molecule has 0 radical (unpaired) electrons. The van der Waals surface area contributed by atoms with Gasteiger partial charge < -0.3 is 10.1 Å². The first-order valence-corrected chi connectivity index (χ1v) is 5.56. The second-order valence-corrected chi connectivity index (χ2v) is 3.65. The Labute approximate surface area is 104 Å². The Hall–Kier alpha value is -1.91. The Morgan fingerprint density at radius 3 is 2.50 bits per heavy atom. The van der Waals surface area contributed by atoms with Gasteiger partial charge in [-0.2, -0.15) is 8.78 Å². The Kier molecular flexibility index (Phi) is 5.30. The summed E-state index contributed by atoms with van der Waals surface area (Å²) < 4.78 is 28.0. The predicted molar refractivity (Wildman–Crippen MR) is 65.8 cm³/mol. The first-order valence-electron chi connectivity index (χ1n) is 5.56. The summed E-state index contributed by atoms with van der Waals surface area (Å²) in [7, 11) is 0. The molecule has 0 heterocycles. The minimum atomic E-state index is -2.85. The predicted octanol–water partition coefficient (Wildman–Crippen LogP) is 3.58. The van der Waals surface area contributed by atoms with Crippen molar-refractivity contribution in [3.8, 4) is 5.75 Å². The molecule has 1 N–H and O–H groups in total. The third kappa shape index (κ3) is 4.53. The molecule has 0 bridgehead atoms. The van der Waals surface area contributed by atoms with E-state index in [-0.39, 0.29) is 11.7 Å². The largest absolute Gasteiger partial charge is 0.435 e. The van der Waals surface area contributed by atoms with E-state index in [1.807, 2.05) is 13.0 Å². The number of rotatable bonds is 5. The lowest BCUT2D eigenvalue weighted by atomic mass is 10.2. The second-order valence-electron chi connectivity index (χ2n) is 3.65. The zero-order chi connectivity index (χ0) is 13.5. The van der Waals surface area contributed by atoms with Crippen LogP contribution in [-0.2, 0) is 4.79 Å². The van der Waals surface area contributed by atoms with Crippen LogP contribution in [0.15, 0.2) is 35.9 Å². The monoisotopic (exact) mass is 255 g/mol. The lowest BCUT2D eigenvalue weighted by molar-refractivity contribution is -0.112. The number of alkyl halides is 2. The molecule has 5 heteroatoms. The number of amides is 1. The maximum Gasteiger partial charge on any atom is 0.387 e. The molecule has 0 fully saturated rings. The van der Waals surface area contributed by atoms with Crippen LogP contribution in [0.4, 0.5) is 14.5 Å². The molecule has 0 aliphatic heterocycles. The van der Waals surface area contributed by atoms with Crippen LogP contribution < -0.4 is 10.1 Å². The summed E-state index contributed by atoms with van der Waals surface area (Å²) in [5.74, 6) is -0.150. The van der Waals surface area contributed by atoms with Crippen LogP contribution in [0.25, 0.3) is 0 Å². The number of carbonyl (C=O) groups is 1. The molecule has 98 valence electrons. The fourth-order valence-electron chi connectivity index (χ4n) is 1.35. The maximum atomic E-state index is 11.9. The average Bonchev–Trinajstić information content (AvgIpc) is 2.31. The summed E-state index contributed by atoms with van der Waals surface area (Å²) in [5, 5.41) is 2.66. The Morgan fingerprint density at radius 1 is 1.39 bits per heavy atom. The number of hydrogen-bond donors (Lipinski definition) is 1. The smallest absolute Gasteiger partial charge is 0.387 e. The molecule has 0 saturated carbocycles. The number of hydrogen-bond acceptors (Lipinski definition) is 2. The van der Waals surface area contributed by atoms with Crippen LogP contribution in [0.5, 0.6) is 5.75 Å². The van der Waals surface area contributed by atoms with Crippen molar-refractivity contribution in [1.82, 2.24) is 0 Å². The molecule has 0 aliphatic rings.